The summed E-state index contributed by atoms with van der Waals surface area (Å²) in [5.74, 6) is 1.96. The van der Waals surface area contributed by atoms with Gasteiger partial charge in [0.15, 0.2) is 0 Å². The van der Waals surface area contributed by atoms with E-state index in [9.17, 15) is 4.79 Å². The van der Waals surface area contributed by atoms with E-state index in [-0.39, 0.29) is 11.8 Å². The fourth-order valence-corrected chi connectivity index (χ4v) is 3.14. The molecule has 1 unspecified atom stereocenters. The van der Waals surface area contributed by atoms with Crippen LogP contribution in [0.15, 0.2) is 57.4 Å². The lowest BCUT2D eigenvalue weighted by molar-refractivity contribution is -0.135. The third-order valence-electron chi connectivity index (χ3n) is 4.18. The Bertz CT molecular complexity index is 702. The minimum absolute atomic E-state index is 0.117. The number of rotatable bonds is 4. The summed E-state index contributed by atoms with van der Waals surface area (Å²) >= 11 is 3.43. The van der Waals surface area contributed by atoms with Crippen molar-refractivity contribution >= 4 is 21.8 Å². The van der Waals surface area contributed by atoms with Crippen molar-refractivity contribution in [3.8, 4) is 11.3 Å². The van der Waals surface area contributed by atoms with Gasteiger partial charge in [0.1, 0.15) is 11.5 Å². The second-order valence-electron chi connectivity index (χ2n) is 5.95. The predicted molar refractivity (Wildman–Crippen MR) is 94.8 cm³/mol. The number of benzene rings is 1. The molecule has 3 nitrogen and oxygen atoms in total. The molecule has 4 heteroatoms. The Morgan fingerprint density at radius 2 is 2.00 bits per heavy atom. The van der Waals surface area contributed by atoms with Gasteiger partial charge in [-0.3, -0.25) is 4.79 Å². The van der Waals surface area contributed by atoms with Crippen molar-refractivity contribution < 1.29 is 9.21 Å². The summed E-state index contributed by atoms with van der Waals surface area (Å²) in [5.41, 5.74) is 1.03. The summed E-state index contributed by atoms with van der Waals surface area (Å²) in [7, 11) is 1.85. The van der Waals surface area contributed by atoms with E-state index >= 15 is 0 Å². The maximum Gasteiger partial charge on any atom is 0.226 e. The number of nitrogens with zero attached hydrogens (tertiary/aromatic N) is 1. The molecule has 1 heterocycles. The third kappa shape index (κ3) is 3.94. The quantitative estimate of drug-likeness (QED) is 0.704. The van der Waals surface area contributed by atoms with Crippen LogP contribution in [0, 0.1) is 5.92 Å². The van der Waals surface area contributed by atoms with Crippen LogP contribution in [0.1, 0.15) is 25.0 Å². The zero-order valence-corrected chi connectivity index (χ0v) is 14.8. The van der Waals surface area contributed by atoms with Crippen molar-refractivity contribution in [3.63, 3.8) is 0 Å². The fraction of sp³-hybridized carbons (Fsp3) is 0.316. The van der Waals surface area contributed by atoms with Crippen molar-refractivity contribution in [1.29, 1.82) is 0 Å². The molecule has 1 aliphatic carbocycles. The molecule has 0 saturated carbocycles. The number of hydrogen-bond acceptors (Lipinski definition) is 2. The van der Waals surface area contributed by atoms with E-state index in [2.05, 4.69) is 28.1 Å². The Hall–Kier alpha value is -1.81. The molecule has 0 N–H and O–H groups in total. The number of hydrogen-bond donors (Lipinski definition) is 0. The average molecular weight is 374 g/mol. The van der Waals surface area contributed by atoms with Crippen LogP contribution in [-0.2, 0) is 11.3 Å². The summed E-state index contributed by atoms with van der Waals surface area (Å²) < 4.78 is 6.94. The largest absolute Gasteiger partial charge is 0.459 e. The molecule has 0 spiro atoms. The van der Waals surface area contributed by atoms with Gasteiger partial charge in [-0.15, -0.1) is 0 Å². The van der Waals surface area contributed by atoms with E-state index in [0.29, 0.717) is 6.54 Å². The Morgan fingerprint density at radius 3 is 2.70 bits per heavy atom. The standard InChI is InChI=1S/C19H20BrNO2/c1-21(19(22)15-5-3-2-4-6-15)13-17-11-12-18(23-17)14-7-9-16(20)10-8-14/h2-3,7-12,15H,4-6,13H2,1H3. The minimum Gasteiger partial charge on any atom is -0.459 e. The van der Waals surface area contributed by atoms with E-state index in [1.165, 1.54) is 0 Å². The van der Waals surface area contributed by atoms with Gasteiger partial charge >= 0.3 is 0 Å². The van der Waals surface area contributed by atoms with Gasteiger partial charge in [0.2, 0.25) is 5.91 Å². The highest BCUT2D eigenvalue weighted by molar-refractivity contribution is 9.10. The van der Waals surface area contributed by atoms with Crippen LogP contribution in [0.5, 0.6) is 0 Å². The Morgan fingerprint density at radius 1 is 1.22 bits per heavy atom. The molecule has 23 heavy (non-hydrogen) atoms. The van der Waals surface area contributed by atoms with Gasteiger partial charge in [0.25, 0.3) is 0 Å². The van der Waals surface area contributed by atoms with Gasteiger partial charge in [0.05, 0.1) is 6.54 Å². The predicted octanol–water partition coefficient (Wildman–Crippen LogP) is 5.02. The Balaban J connectivity index is 1.65. The molecule has 2 aromatic rings. The zero-order valence-electron chi connectivity index (χ0n) is 13.2. The Kier molecular flexibility index (Phi) is 5.01. The molecule has 0 radical (unpaired) electrons. The second kappa shape index (κ2) is 7.18. The fourth-order valence-electron chi connectivity index (χ4n) is 2.87. The van der Waals surface area contributed by atoms with E-state index in [4.69, 9.17) is 4.42 Å². The molecule has 1 aliphatic rings. The number of carbonyl (C=O) groups is 1. The third-order valence-corrected chi connectivity index (χ3v) is 4.71. The number of amides is 1. The molecule has 1 aromatic carbocycles. The molecule has 0 saturated heterocycles. The summed E-state index contributed by atoms with van der Waals surface area (Å²) in [5, 5.41) is 0. The lowest BCUT2D eigenvalue weighted by Gasteiger charge is -2.23. The second-order valence-corrected chi connectivity index (χ2v) is 6.86. The van der Waals surface area contributed by atoms with Crippen LogP contribution in [0.3, 0.4) is 0 Å². The molecule has 0 bridgehead atoms. The SMILES string of the molecule is CN(Cc1ccc(-c2ccc(Br)cc2)o1)C(=O)C1CC=CCC1. The monoisotopic (exact) mass is 373 g/mol. The van der Waals surface area contributed by atoms with Crippen LogP contribution in [-0.4, -0.2) is 17.9 Å². The maximum absolute atomic E-state index is 12.5. The van der Waals surface area contributed by atoms with E-state index in [0.717, 1.165) is 40.8 Å². The van der Waals surface area contributed by atoms with Crippen molar-refractivity contribution in [3.05, 3.63) is 58.8 Å². The summed E-state index contributed by atoms with van der Waals surface area (Å²) in [4.78, 5) is 14.2. The van der Waals surface area contributed by atoms with Gasteiger partial charge in [0, 0.05) is 23.0 Å². The van der Waals surface area contributed by atoms with Crippen LogP contribution < -0.4 is 0 Å². The lowest BCUT2D eigenvalue weighted by atomic mass is 9.93. The van der Waals surface area contributed by atoms with Crippen molar-refractivity contribution in [2.24, 2.45) is 5.92 Å². The molecular weight excluding hydrogens is 354 g/mol. The number of carbonyl (C=O) groups excluding carboxylic acids is 1. The lowest BCUT2D eigenvalue weighted by Crippen LogP contribution is -2.32. The van der Waals surface area contributed by atoms with Gasteiger partial charge in [-0.05, 0) is 43.5 Å². The molecule has 1 amide bonds. The van der Waals surface area contributed by atoms with Crippen LogP contribution in [0.25, 0.3) is 11.3 Å². The molecule has 0 fully saturated rings. The highest BCUT2D eigenvalue weighted by atomic mass is 79.9. The average Bonchev–Trinajstić information content (AvgIpc) is 3.04. The first-order valence-corrected chi connectivity index (χ1v) is 8.67. The first-order valence-electron chi connectivity index (χ1n) is 7.88. The molecule has 1 aromatic heterocycles. The van der Waals surface area contributed by atoms with Crippen LogP contribution in [0.4, 0.5) is 0 Å². The normalized spacial score (nSPS) is 17.2. The highest BCUT2D eigenvalue weighted by Crippen LogP contribution is 2.25. The zero-order chi connectivity index (χ0) is 16.2. The molecular formula is C19H20BrNO2. The van der Waals surface area contributed by atoms with Crippen molar-refractivity contribution in [2.75, 3.05) is 7.05 Å². The highest BCUT2D eigenvalue weighted by Gasteiger charge is 2.22. The summed E-state index contributed by atoms with van der Waals surface area (Å²) in [6, 6.07) is 11.9. The topological polar surface area (TPSA) is 33.5 Å². The molecule has 120 valence electrons. The smallest absolute Gasteiger partial charge is 0.226 e. The minimum atomic E-state index is 0.117. The van der Waals surface area contributed by atoms with Crippen LogP contribution in [0.2, 0.25) is 0 Å². The first kappa shape index (κ1) is 16.1. The van der Waals surface area contributed by atoms with Gasteiger partial charge in [-0.25, -0.2) is 0 Å². The molecule has 3 rings (SSSR count). The van der Waals surface area contributed by atoms with Crippen molar-refractivity contribution in [1.82, 2.24) is 4.90 Å². The number of furan rings is 1. The van der Waals surface area contributed by atoms with E-state index in [1.807, 2.05) is 43.4 Å². The maximum atomic E-state index is 12.5. The summed E-state index contributed by atoms with van der Waals surface area (Å²) in [6.07, 6.45) is 7.06. The Labute approximate surface area is 145 Å². The molecule has 0 aliphatic heterocycles. The van der Waals surface area contributed by atoms with Gasteiger partial charge in [-0.1, -0.05) is 40.2 Å². The summed E-state index contributed by atoms with van der Waals surface area (Å²) in [6.45, 7) is 0.509. The van der Waals surface area contributed by atoms with E-state index < -0.39 is 0 Å². The van der Waals surface area contributed by atoms with Gasteiger partial charge in [-0.2, -0.15) is 0 Å². The first-order chi connectivity index (χ1) is 11.1. The van der Waals surface area contributed by atoms with Crippen molar-refractivity contribution in [2.45, 2.75) is 25.8 Å². The number of halogens is 1. The van der Waals surface area contributed by atoms with Crippen LogP contribution >= 0.6 is 15.9 Å². The molecule has 1 atom stereocenters. The number of allylic oxidation sites excluding steroid dienone is 2. The van der Waals surface area contributed by atoms with Gasteiger partial charge < -0.3 is 9.32 Å². The van der Waals surface area contributed by atoms with E-state index in [1.54, 1.807) is 4.90 Å².